The van der Waals surface area contributed by atoms with Crippen molar-refractivity contribution in [1.29, 1.82) is 0 Å². The number of Topliss-reactive ketones (excluding diaryl/α,β-unsaturated/α-hetero) is 1. The van der Waals surface area contributed by atoms with Gasteiger partial charge >= 0.3 is 0 Å². The molecular weight excluding hydrogens is 356 g/mol. The summed E-state index contributed by atoms with van der Waals surface area (Å²) in [4.78, 5) is 30.5. The molecule has 3 aromatic rings. The van der Waals surface area contributed by atoms with E-state index in [9.17, 15) is 9.59 Å². The van der Waals surface area contributed by atoms with Crippen LogP contribution >= 0.6 is 11.8 Å². The average molecular weight is 378 g/mol. The number of hydrogen-bond acceptors (Lipinski definition) is 4. The van der Waals surface area contributed by atoms with Crippen molar-refractivity contribution in [3.8, 4) is 5.69 Å². The van der Waals surface area contributed by atoms with Crippen LogP contribution in [0.1, 0.15) is 36.8 Å². The molecule has 0 unspecified atom stereocenters. The van der Waals surface area contributed by atoms with Gasteiger partial charge in [-0.05, 0) is 56.0 Å². The van der Waals surface area contributed by atoms with Crippen LogP contribution in [0.5, 0.6) is 0 Å². The minimum Gasteiger partial charge on any atom is -0.298 e. The van der Waals surface area contributed by atoms with Crippen LogP contribution in [0.25, 0.3) is 16.6 Å². The number of fused-ring (bicyclic) bond motifs is 1. The van der Waals surface area contributed by atoms with Crippen LogP contribution < -0.4 is 5.56 Å². The highest BCUT2D eigenvalue weighted by molar-refractivity contribution is 8.00. The van der Waals surface area contributed by atoms with Crippen LogP contribution in [0.4, 0.5) is 0 Å². The average Bonchev–Trinajstić information content (AvgIpc) is 2.67. The zero-order valence-corrected chi connectivity index (χ0v) is 16.4. The molecule has 1 saturated carbocycles. The van der Waals surface area contributed by atoms with Gasteiger partial charge in [0.05, 0.1) is 21.8 Å². The second-order valence-electron chi connectivity index (χ2n) is 7.09. The molecular formula is C22H22N2O2S. The minimum absolute atomic E-state index is 0.0833. The maximum Gasteiger partial charge on any atom is 0.266 e. The van der Waals surface area contributed by atoms with E-state index in [1.54, 1.807) is 4.57 Å². The molecule has 0 amide bonds. The number of rotatable bonds is 3. The third kappa shape index (κ3) is 3.32. The van der Waals surface area contributed by atoms with Gasteiger partial charge in [0, 0.05) is 6.42 Å². The van der Waals surface area contributed by atoms with Crippen LogP contribution in [0, 0.1) is 13.8 Å². The molecule has 0 N–H and O–H groups in total. The number of aryl methyl sites for hydroxylation is 1. The molecule has 1 fully saturated rings. The van der Waals surface area contributed by atoms with Crippen LogP contribution in [0.3, 0.4) is 0 Å². The third-order valence-electron chi connectivity index (χ3n) is 5.31. The number of hydrogen-bond donors (Lipinski definition) is 0. The summed E-state index contributed by atoms with van der Waals surface area (Å²) in [6, 6.07) is 13.4. The maximum absolute atomic E-state index is 13.4. The van der Waals surface area contributed by atoms with Crippen molar-refractivity contribution >= 4 is 28.4 Å². The van der Waals surface area contributed by atoms with Gasteiger partial charge in [-0.3, -0.25) is 14.2 Å². The van der Waals surface area contributed by atoms with Gasteiger partial charge in [-0.2, -0.15) is 0 Å². The predicted molar refractivity (Wildman–Crippen MR) is 110 cm³/mol. The van der Waals surface area contributed by atoms with Gasteiger partial charge in [-0.1, -0.05) is 42.4 Å². The van der Waals surface area contributed by atoms with E-state index in [0.29, 0.717) is 22.5 Å². The Morgan fingerprint density at radius 3 is 2.67 bits per heavy atom. The lowest BCUT2D eigenvalue weighted by Crippen LogP contribution is -2.26. The Balaban J connectivity index is 1.94. The lowest BCUT2D eigenvalue weighted by atomic mass is 9.99. The predicted octanol–water partition coefficient (Wildman–Crippen LogP) is 4.61. The molecule has 1 aliphatic rings. The van der Waals surface area contributed by atoms with Crippen molar-refractivity contribution in [2.45, 2.75) is 49.9 Å². The fraction of sp³-hybridized carbons (Fsp3) is 0.318. The first kappa shape index (κ1) is 18.0. The second-order valence-corrected chi connectivity index (χ2v) is 8.26. The SMILES string of the molecule is Cc1cccc(-n2c(S[C@@H]3CCCCC3=O)nc3ccccc3c2=O)c1C. The summed E-state index contributed by atoms with van der Waals surface area (Å²) < 4.78 is 1.69. The van der Waals surface area contributed by atoms with E-state index < -0.39 is 0 Å². The first-order valence-corrected chi connectivity index (χ1v) is 10.2. The van der Waals surface area contributed by atoms with Crippen LogP contribution in [-0.2, 0) is 4.79 Å². The number of nitrogens with zero attached hydrogens (tertiary/aromatic N) is 2. The number of ketones is 1. The molecule has 1 aromatic heterocycles. The Hall–Kier alpha value is -2.40. The Kier molecular flexibility index (Phi) is 4.87. The summed E-state index contributed by atoms with van der Waals surface area (Å²) in [5, 5.41) is 1.08. The summed E-state index contributed by atoms with van der Waals surface area (Å²) in [7, 11) is 0. The van der Waals surface area contributed by atoms with Crippen LogP contribution in [0.2, 0.25) is 0 Å². The Morgan fingerprint density at radius 1 is 1.04 bits per heavy atom. The zero-order chi connectivity index (χ0) is 19.0. The van der Waals surface area contributed by atoms with Crippen molar-refractivity contribution in [3.05, 3.63) is 63.9 Å². The third-order valence-corrected chi connectivity index (χ3v) is 6.58. The lowest BCUT2D eigenvalue weighted by molar-refractivity contribution is -0.119. The van der Waals surface area contributed by atoms with E-state index in [1.807, 2.05) is 56.3 Å². The van der Waals surface area contributed by atoms with Crippen molar-refractivity contribution in [2.75, 3.05) is 0 Å². The zero-order valence-electron chi connectivity index (χ0n) is 15.6. The highest BCUT2D eigenvalue weighted by Gasteiger charge is 2.26. The van der Waals surface area contributed by atoms with Gasteiger partial charge in [-0.25, -0.2) is 4.98 Å². The molecule has 2 aromatic carbocycles. The van der Waals surface area contributed by atoms with E-state index in [2.05, 4.69) is 0 Å². The van der Waals surface area contributed by atoms with E-state index in [4.69, 9.17) is 4.98 Å². The quantitative estimate of drug-likeness (QED) is 0.625. The minimum atomic E-state index is -0.122. The largest absolute Gasteiger partial charge is 0.298 e. The molecule has 1 heterocycles. The molecule has 138 valence electrons. The number of carbonyl (C=O) groups excluding carboxylic acids is 1. The molecule has 0 radical (unpaired) electrons. The Morgan fingerprint density at radius 2 is 1.85 bits per heavy atom. The first-order chi connectivity index (χ1) is 13.1. The summed E-state index contributed by atoms with van der Waals surface area (Å²) in [6.07, 6.45) is 3.48. The van der Waals surface area contributed by atoms with E-state index in [1.165, 1.54) is 11.8 Å². The molecule has 5 heteroatoms. The highest BCUT2D eigenvalue weighted by atomic mass is 32.2. The normalized spacial score (nSPS) is 17.4. The Bertz CT molecular complexity index is 1090. The topological polar surface area (TPSA) is 52.0 Å². The summed E-state index contributed by atoms with van der Waals surface area (Å²) in [5.74, 6) is 0.265. The molecule has 1 aliphatic carbocycles. The molecule has 0 spiro atoms. The van der Waals surface area contributed by atoms with Gasteiger partial charge in [0.1, 0.15) is 5.78 Å². The van der Waals surface area contributed by atoms with Gasteiger partial charge in [0.15, 0.2) is 5.16 Å². The molecule has 0 saturated heterocycles. The van der Waals surface area contributed by atoms with Gasteiger partial charge in [0.25, 0.3) is 5.56 Å². The molecule has 4 rings (SSSR count). The summed E-state index contributed by atoms with van der Waals surface area (Å²) in [5.41, 5.74) is 3.60. The highest BCUT2D eigenvalue weighted by Crippen LogP contribution is 2.32. The molecule has 0 bridgehead atoms. The lowest BCUT2D eigenvalue weighted by Gasteiger charge is -2.22. The number of thioether (sulfide) groups is 1. The van der Waals surface area contributed by atoms with Gasteiger partial charge in [0.2, 0.25) is 0 Å². The number of carbonyl (C=O) groups is 1. The smallest absolute Gasteiger partial charge is 0.266 e. The molecule has 1 atom stereocenters. The maximum atomic E-state index is 13.4. The van der Waals surface area contributed by atoms with Gasteiger partial charge < -0.3 is 0 Å². The van der Waals surface area contributed by atoms with Crippen molar-refractivity contribution in [3.63, 3.8) is 0 Å². The summed E-state index contributed by atoms with van der Waals surface area (Å²) in [6.45, 7) is 4.06. The second kappa shape index (κ2) is 7.31. The van der Waals surface area contributed by atoms with Crippen molar-refractivity contribution < 1.29 is 4.79 Å². The number of benzene rings is 2. The monoisotopic (exact) mass is 378 g/mol. The van der Waals surface area contributed by atoms with E-state index in [-0.39, 0.29) is 16.6 Å². The van der Waals surface area contributed by atoms with E-state index >= 15 is 0 Å². The first-order valence-electron chi connectivity index (χ1n) is 9.34. The van der Waals surface area contributed by atoms with Crippen molar-refractivity contribution in [1.82, 2.24) is 9.55 Å². The Labute approximate surface area is 162 Å². The van der Waals surface area contributed by atoms with Crippen LogP contribution in [0.15, 0.2) is 52.4 Å². The fourth-order valence-electron chi connectivity index (χ4n) is 3.58. The summed E-state index contributed by atoms with van der Waals surface area (Å²) >= 11 is 1.44. The van der Waals surface area contributed by atoms with Crippen LogP contribution in [-0.4, -0.2) is 20.6 Å². The fourth-order valence-corrected chi connectivity index (χ4v) is 4.81. The molecule has 27 heavy (non-hydrogen) atoms. The molecule has 0 aliphatic heterocycles. The molecule has 4 nitrogen and oxygen atoms in total. The van der Waals surface area contributed by atoms with E-state index in [0.717, 1.165) is 36.1 Å². The number of para-hydroxylation sites is 1. The standard InChI is InChI=1S/C22H22N2O2S/c1-14-8-7-11-18(15(14)2)24-21(26)16-9-3-4-10-17(16)23-22(24)27-20-13-6-5-12-19(20)25/h3-4,7-11,20H,5-6,12-13H2,1-2H3/t20-/m1/s1. The number of aromatic nitrogens is 2. The van der Waals surface area contributed by atoms with Gasteiger partial charge in [-0.15, -0.1) is 0 Å². The van der Waals surface area contributed by atoms with Crippen molar-refractivity contribution in [2.24, 2.45) is 0 Å².